The van der Waals surface area contributed by atoms with Crippen molar-refractivity contribution < 1.29 is 9.53 Å². The van der Waals surface area contributed by atoms with Gasteiger partial charge in [0.25, 0.3) is 5.91 Å². The van der Waals surface area contributed by atoms with Gasteiger partial charge in [-0.25, -0.2) is 9.97 Å². The second kappa shape index (κ2) is 8.92. The van der Waals surface area contributed by atoms with Crippen LogP contribution in [-0.2, 0) is 4.74 Å². The molecule has 1 aromatic heterocycles. The monoisotopic (exact) mass is 403 g/mol. The Hall–Kier alpha value is -3.45. The number of hydrogen-bond donors (Lipinski definition) is 2. The molecule has 4 rings (SSSR count). The number of amides is 1. The molecule has 30 heavy (non-hydrogen) atoms. The Labute approximate surface area is 176 Å². The first-order valence-electron chi connectivity index (χ1n) is 10.0. The average molecular weight is 403 g/mol. The van der Waals surface area contributed by atoms with Crippen LogP contribution in [0, 0.1) is 13.8 Å². The van der Waals surface area contributed by atoms with E-state index < -0.39 is 0 Å². The van der Waals surface area contributed by atoms with Gasteiger partial charge in [-0.3, -0.25) is 4.79 Å². The highest BCUT2D eigenvalue weighted by Gasteiger charge is 2.14. The quantitative estimate of drug-likeness (QED) is 0.672. The van der Waals surface area contributed by atoms with Crippen molar-refractivity contribution in [1.82, 2.24) is 9.97 Å². The third-order valence-electron chi connectivity index (χ3n) is 4.89. The minimum absolute atomic E-state index is 0.128. The van der Waals surface area contributed by atoms with Crippen LogP contribution >= 0.6 is 0 Å². The molecule has 1 aliphatic heterocycles. The van der Waals surface area contributed by atoms with E-state index >= 15 is 0 Å². The zero-order valence-corrected chi connectivity index (χ0v) is 17.2. The Kier molecular flexibility index (Phi) is 5.90. The maximum Gasteiger partial charge on any atom is 0.255 e. The molecule has 3 aromatic rings. The molecule has 0 bridgehead atoms. The van der Waals surface area contributed by atoms with Crippen molar-refractivity contribution in [3.05, 3.63) is 71.5 Å². The summed E-state index contributed by atoms with van der Waals surface area (Å²) in [5.41, 5.74) is 3.38. The van der Waals surface area contributed by atoms with Crippen molar-refractivity contribution in [2.24, 2.45) is 0 Å². The molecule has 2 N–H and O–H groups in total. The van der Waals surface area contributed by atoms with Crippen molar-refractivity contribution in [3.63, 3.8) is 0 Å². The summed E-state index contributed by atoms with van der Waals surface area (Å²) in [6, 6.07) is 17.0. The second-order valence-corrected chi connectivity index (χ2v) is 7.28. The highest BCUT2D eigenvalue weighted by molar-refractivity contribution is 6.04. The number of anilines is 4. The lowest BCUT2D eigenvalue weighted by Gasteiger charge is -2.28. The lowest BCUT2D eigenvalue weighted by molar-refractivity contribution is 0.102. The number of ether oxygens (including phenoxy) is 1. The molecule has 1 fully saturated rings. The predicted molar refractivity (Wildman–Crippen MR) is 119 cm³/mol. The first-order chi connectivity index (χ1) is 14.6. The van der Waals surface area contributed by atoms with Crippen molar-refractivity contribution in [3.8, 4) is 0 Å². The molecule has 154 valence electrons. The van der Waals surface area contributed by atoms with Crippen molar-refractivity contribution in [1.29, 1.82) is 0 Å². The minimum atomic E-state index is -0.128. The van der Waals surface area contributed by atoms with Gasteiger partial charge in [0, 0.05) is 36.1 Å². The molecule has 2 aromatic carbocycles. The minimum Gasteiger partial charge on any atom is -0.378 e. The third-order valence-corrected chi connectivity index (χ3v) is 4.89. The molecule has 0 spiro atoms. The van der Waals surface area contributed by atoms with Gasteiger partial charge in [0.05, 0.1) is 13.2 Å². The first-order valence-corrected chi connectivity index (χ1v) is 10.0. The Balaban J connectivity index is 1.42. The number of aromatic nitrogens is 2. The van der Waals surface area contributed by atoms with Crippen LogP contribution in [0.1, 0.15) is 21.7 Å². The van der Waals surface area contributed by atoms with Gasteiger partial charge in [-0.15, -0.1) is 0 Å². The van der Waals surface area contributed by atoms with Gasteiger partial charge < -0.3 is 20.3 Å². The third kappa shape index (κ3) is 4.93. The number of aryl methyl sites for hydroxylation is 2. The van der Waals surface area contributed by atoms with E-state index in [1.54, 1.807) is 0 Å². The molecule has 1 saturated heterocycles. The van der Waals surface area contributed by atoms with E-state index in [0.29, 0.717) is 24.6 Å². The summed E-state index contributed by atoms with van der Waals surface area (Å²) in [4.78, 5) is 23.6. The normalized spacial score (nSPS) is 13.7. The molecule has 1 amide bonds. The zero-order valence-electron chi connectivity index (χ0n) is 17.2. The number of carbonyl (C=O) groups is 1. The fourth-order valence-corrected chi connectivity index (χ4v) is 3.26. The largest absolute Gasteiger partial charge is 0.378 e. The summed E-state index contributed by atoms with van der Waals surface area (Å²) in [7, 11) is 0. The molecular weight excluding hydrogens is 378 g/mol. The van der Waals surface area contributed by atoms with Crippen LogP contribution < -0.4 is 15.5 Å². The van der Waals surface area contributed by atoms with Gasteiger partial charge in [-0.2, -0.15) is 0 Å². The lowest BCUT2D eigenvalue weighted by atomic mass is 10.1. The molecule has 0 unspecified atom stereocenters. The molecule has 2 heterocycles. The Morgan fingerprint density at radius 1 is 0.933 bits per heavy atom. The van der Waals surface area contributed by atoms with Crippen LogP contribution in [0.3, 0.4) is 0 Å². The van der Waals surface area contributed by atoms with E-state index in [1.807, 2.05) is 68.4 Å². The van der Waals surface area contributed by atoms with E-state index in [9.17, 15) is 4.79 Å². The van der Waals surface area contributed by atoms with E-state index in [-0.39, 0.29) is 5.91 Å². The van der Waals surface area contributed by atoms with Gasteiger partial charge in [-0.05, 0) is 50.2 Å². The van der Waals surface area contributed by atoms with Crippen LogP contribution in [0.15, 0.2) is 54.6 Å². The van der Waals surface area contributed by atoms with Crippen molar-refractivity contribution >= 4 is 28.9 Å². The van der Waals surface area contributed by atoms with Crippen molar-refractivity contribution in [2.75, 3.05) is 41.8 Å². The van der Waals surface area contributed by atoms with Crippen LogP contribution in [0.4, 0.5) is 23.0 Å². The molecule has 0 atom stereocenters. The van der Waals surface area contributed by atoms with Crippen LogP contribution in [0.2, 0.25) is 0 Å². The number of rotatable bonds is 5. The molecule has 0 radical (unpaired) electrons. The van der Waals surface area contributed by atoms with E-state index in [4.69, 9.17) is 4.74 Å². The highest BCUT2D eigenvalue weighted by Crippen LogP contribution is 2.22. The Morgan fingerprint density at radius 3 is 2.30 bits per heavy atom. The van der Waals surface area contributed by atoms with Gasteiger partial charge in [-0.1, -0.05) is 17.7 Å². The van der Waals surface area contributed by atoms with E-state index in [1.165, 1.54) is 0 Å². The number of carbonyl (C=O) groups excluding carboxylic acids is 1. The molecule has 7 nitrogen and oxygen atoms in total. The number of morpholine rings is 1. The molecular formula is C23H25N5O2. The molecule has 1 aliphatic rings. The number of benzene rings is 2. The van der Waals surface area contributed by atoms with Crippen LogP contribution in [0.25, 0.3) is 0 Å². The topological polar surface area (TPSA) is 79.4 Å². The summed E-state index contributed by atoms with van der Waals surface area (Å²) >= 11 is 0. The Morgan fingerprint density at radius 2 is 1.60 bits per heavy atom. The molecule has 0 aliphatic carbocycles. The fraction of sp³-hybridized carbons (Fsp3) is 0.261. The smallest absolute Gasteiger partial charge is 0.255 e. The Bertz CT molecular complexity index is 1010. The van der Waals surface area contributed by atoms with Crippen LogP contribution in [0.5, 0.6) is 0 Å². The van der Waals surface area contributed by atoms with E-state index in [2.05, 4.69) is 25.5 Å². The summed E-state index contributed by atoms with van der Waals surface area (Å²) in [5, 5.41) is 6.24. The maximum atomic E-state index is 12.4. The summed E-state index contributed by atoms with van der Waals surface area (Å²) in [6.07, 6.45) is 0. The number of nitrogens with zero attached hydrogens (tertiary/aromatic N) is 3. The van der Waals surface area contributed by atoms with E-state index in [0.717, 1.165) is 41.7 Å². The van der Waals surface area contributed by atoms with Gasteiger partial charge in [0.1, 0.15) is 17.5 Å². The summed E-state index contributed by atoms with van der Waals surface area (Å²) in [6.45, 7) is 6.95. The fourth-order valence-electron chi connectivity index (χ4n) is 3.26. The predicted octanol–water partition coefficient (Wildman–Crippen LogP) is 3.93. The maximum absolute atomic E-state index is 12.4. The van der Waals surface area contributed by atoms with Gasteiger partial charge >= 0.3 is 0 Å². The average Bonchev–Trinajstić information content (AvgIpc) is 2.76. The molecule has 0 saturated carbocycles. The summed E-state index contributed by atoms with van der Waals surface area (Å²) < 4.78 is 5.42. The number of hydrogen-bond acceptors (Lipinski definition) is 6. The lowest BCUT2D eigenvalue weighted by Crippen LogP contribution is -2.36. The summed E-state index contributed by atoms with van der Waals surface area (Å²) in [5.74, 6) is 2.22. The highest BCUT2D eigenvalue weighted by atomic mass is 16.5. The second-order valence-electron chi connectivity index (χ2n) is 7.28. The standard InChI is InChI=1S/C23H25N5O2/c1-16-3-5-18(6-4-16)23(29)27-20-9-7-19(8-10-20)26-21-15-22(25-17(2)24-21)28-11-13-30-14-12-28/h3-10,15H,11-14H2,1-2H3,(H,27,29)(H,24,25,26). The number of nitrogens with one attached hydrogen (secondary N) is 2. The first kappa shape index (κ1) is 19.8. The van der Waals surface area contributed by atoms with Gasteiger partial charge in [0.2, 0.25) is 0 Å². The van der Waals surface area contributed by atoms with Crippen molar-refractivity contribution in [2.45, 2.75) is 13.8 Å². The SMILES string of the molecule is Cc1ccc(C(=O)Nc2ccc(Nc3cc(N4CCOCC4)nc(C)n3)cc2)cc1. The zero-order chi connectivity index (χ0) is 20.9. The van der Waals surface area contributed by atoms with Crippen LogP contribution in [-0.4, -0.2) is 42.2 Å². The van der Waals surface area contributed by atoms with Gasteiger partial charge in [0.15, 0.2) is 0 Å². The molecule has 7 heteroatoms.